The largest absolute Gasteiger partial charge is 0.336 e. The number of Topliss-reactive ketones (excluding diaryl/α,β-unsaturated/α-hetero) is 1. The van der Waals surface area contributed by atoms with Crippen molar-refractivity contribution in [1.29, 1.82) is 0 Å². The van der Waals surface area contributed by atoms with E-state index >= 15 is 0 Å². The molecule has 0 fully saturated rings. The summed E-state index contributed by atoms with van der Waals surface area (Å²) in [6.45, 7) is -0.164. The Balaban J connectivity index is 1.48. The molecule has 0 radical (unpaired) electrons. The zero-order valence-corrected chi connectivity index (χ0v) is 16.5. The van der Waals surface area contributed by atoms with Crippen molar-refractivity contribution in [2.45, 2.75) is 38.5 Å². The van der Waals surface area contributed by atoms with Gasteiger partial charge in [-0.15, -0.1) is 0 Å². The summed E-state index contributed by atoms with van der Waals surface area (Å²) in [5.41, 5.74) is 3.52. The zero-order valence-electron chi connectivity index (χ0n) is 16.5. The minimum atomic E-state index is -0.451. The topological polar surface area (TPSA) is 66.5 Å². The molecule has 2 aromatic rings. The molecule has 0 saturated carbocycles. The lowest BCUT2D eigenvalue weighted by Crippen LogP contribution is -2.35. The maximum absolute atomic E-state index is 13.2. The van der Waals surface area contributed by atoms with Gasteiger partial charge in [0.25, 0.3) is 0 Å². The molecule has 0 unspecified atom stereocenters. The average Bonchev–Trinajstić information content (AvgIpc) is 2.71. The van der Waals surface area contributed by atoms with Crippen LogP contribution in [0.2, 0.25) is 0 Å². The number of hydrogen-bond donors (Lipinski definition) is 1. The molecule has 6 heteroatoms. The number of aryl methyl sites for hydroxylation is 2. The molecule has 0 spiro atoms. The quantitative estimate of drug-likeness (QED) is 0.725. The molecule has 0 aliphatic heterocycles. The standard InChI is InChI=1S/C23H25FN2O3/c1-26(15-22(28)25-20-8-4-7-19(24)14-20)23(29)12-11-21(27)18-10-9-16-5-2-3-6-17(16)13-18/h4,7-10,13-14H,2-3,5-6,11-12,15H2,1H3,(H,25,28). The van der Waals surface area contributed by atoms with Crippen LogP contribution in [0.1, 0.15) is 47.2 Å². The Kier molecular flexibility index (Phi) is 6.75. The third-order valence-corrected chi connectivity index (χ3v) is 5.15. The highest BCUT2D eigenvalue weighted by Crippen LogP contribution is 2.23. The second kappa shape index (κ2) is 9.45. The van der Waals surface area contributed by atoms with E-state index in [1.807, 2.05) is 18.2 Å². The summed E-state index contributed by atoms with van der Waals surface area (Å²) in [6, 6.07) is 11.4. The maximum atomic E-state index is 13.2. The van der Waals surface area contributed by atoms with Crippen molar-refractivity contribution in [1.82, 2.24) is 4.90 Å². The molecule has 29 heavy (non-hydrogen) atoms. The number of rotatable bonds is 7. The number of halogens is 1. The van der Waals surface area contributed by atoms with E-state index in [4.69, 9.17) is 0 Å². The van der Waals surface area contributed by atoms with E-state index in [0.717, 1.165) is 19.3 Å². The molecular formula is C23H25FN2O3. The van der Waals surface area contributed by atoms with E-state index in [2.05, 4.69) is 5.32 Å². The van der Waals surface area contributed by atoms with Crippen LogP contribution in [0.25, 0.3) is 0 Å². The smallest absolute Gasteiger partial charge is 0.243 e. The van der Waals surface area contributed by atoms with Crippen LogP contribution in [-0.4, -0.2) is 36.1 Å². The van der Waals surface area contributed by atoms with Crippen LogP contribution in [0.15, 0.2) is 42.5 Å². The van der Waals surface area contributed by atoms with Gasteiger partial charge in [0.05, 0.1) is 6.54 Å². The Morgan fingerprint density at radius 1 is 1.00 bits per heavy atom. The van der Waals surface area contributed by atoms with Crippen LogP contribution in [0, 0.1) is 5.82 Å². The molecule has 152 valence electrons. The van der Waals surface area contributed by atoms with Crippen LogP contribution in [0.3, 0.4) is 0 Å². The number of likely N-dealkylation sites (N-methyl/N-ethyl adjacent to an activating group) is 1. The lowest BCUT2D eigenvalue weighted by molar-refractivity contribution is -0.133. The highest BCUT2D eigenvalue weighted by molar-refractivity contribution is 5.99. The third-order valence-electron chi connectivity index (χ3n) is 5.15. The minimum absolute atomic E-state index is 0.0413. The van der Waals surface area contributed by atoms with Crippen molar-refractivity contribution < 1.29 is 18.8 Å². The van der Waals surface area contributed by atoms with E-state index in [9.17, 15) is 18.8 Å². The summed E-state index contributed by atoms with van der Waals surface area (Å²) in [6.07, 6.45) is 4.54. The lowest BCUT2D eigenvalue weighted by atomic mass is 9.89. The molecule has 0 aromatic heterocycles. The first kappa shape index (κ1) is 20.7. The summed E-state index contributed by atoms with van der Waals surface area (Å²) < 4.78 is 13.2. The van der Waals surface area contributed by atoms with Crippen LogP contribution < -0.4 is 5.32 Å². The van der Waals surface area contributed by atoms with Gasteiger partial charge in [0, 0.05) is 31.1 Å². The fourth-order valence-corrected chi connectivity index (χ4v) is 3.53. The van der Waals surface area contributed by atoms with E-state index in [0.29, 0.717) is 11.3 Å². The van der Waals surface area contributed by atoms with Gasteiger partial charge in [0.2, 0.25) is 11.8 Å². The van der Waals surface area contributed by atoms with Crippen molar-refractivity contribution in [3.63, 3.8) is 0 Å². The van der Waals surface area contributed by atoms with E-state index in [1.54, 1.807) is 6.07 Å². The lowest BCUT2D eigenvalue weighted by Gasteiger charge is -2.17. The van der Waals surface area contributed by atoms with Crippen molar-refractivity contribution in [3.8, 4) is 0 Å². The van der Waals surface area contributed by atoms with Gasteiger partial charge in [0.1, 0.15) is 5.82 Å². The average molecular weight is 396 g/mol. The molecule has 0 saturated heterocycles. The molecule has 2 aromatic carbocycles. The summed E-state index contributed by atoms with van der Waals surface area (Å²) in [7, 11) is 1.51. The Morgan fingerprint density at radius 3 is 2.52 bits per heavy atom. The number of anilines is 1. The van der Waals surface area contributed by atoms with Gasteiger partial charge in [-0.2, -0.15) is 0 Å². The van der Waals surface area contributed by atoms with E-state index < -0.39 is 11.7 Å². The van der Waals surface area contributed by atoms with Gasteiger partial charge in [0.15, 0.2) is 5.78 Å². The second-order valence-electron chi connectivity index (χ2n) is 7.42. The first-order valence-electron chi connectivity index (χ1n) is 9.87. The first-order chi connectivity index (χ1) is 13.9. The molecular weight excluding hydrogens is 371 g/mol. The van der Waals surface area contributed by atoms with Gasteiger partial charge < -0.3 is 10.2 Å². The summed E-state index contributed by atoms with van der Waals surface area (Å²) in [5, 5.41) is 2.55. The number of carbonyl (C=O) groups is 3. The maximum Gasteiger partial charge on any atom is 0.243 e. The van der Waals surface area contributed by atoms with Crippen LogP contribution in [0.4, 0.5) is 10.1 Å². The summed E-state index contributed by atoms with van der Waals surface area (Å²) in [4.78, 5) is 38.1. The molecule has 0 bridgehead atoms. The number of hydrogen-bond acceptors (Lipinski definition) is 3. The number of nitrogens with zero attached hydrogens (tertiary/aromatic N) is 1. The molecule has 0 atom stereocenters. The predicted molar refractivity (Wildman–Crippen MR) is 109 cm³/mol. The molecule has 2 amide bonds. The number of amides is 2. The Bertz CT molecular complexity index is 926. The van der Waals surface area contributed by atoms with Crippen LogP contribution >= 0.6 is 0 Å². The van der Waals surface area contributed by atoms with Gasteiger partial charge in [-0.05, 0) is 61.1 Å². The SMILES string of the molecule is CN(CC(=O)Nc1cccc(F)c1)C(=O)CCC(=O)c1ccc2c(c1)CCCC2. The highest BCUT2D eigenvalue weighted by atomic mass is 19.1. The Labute approximate surface area is 169 Å². The van der Waals surface area contributed by atoms with Crippen LogP contribution in [0.5, 0.6) is 0 Å². The van der Waals surface area contributed by atoms with Gasteiger partial charge in [-0.1, -0.05) is 18.2 Å². The summed E-state index contributed by atoms with van der Waals surface area (Å²) >= 11 is 0. The van der Waals surface area contributed by atoms with Crippen molar-refractivity contribution in [2.24, 2.45) is 0 Å². The highest BCUT2D eigenvalue weighted by Gasteiger charge is 2.17. The van der Waals surface area contributed by atoms with Crippen molar-refractivity contribution >= 4 is 23.3 Å². The number of nitrogens with one attached hydrogen (secondary N) is 1. The monoisotopic (exact) mass is 396 g/mol. The third kappa shape index (κ3) is 5.73. The first-order valence-corrected chi connectivity index (χ1v) is 9.87. The van der Waals surface area contributed by atoms with Crippen molar-refractivity contribution in [3.05, 3.63) is 65.0 Å². The molecule has 1 N–H and O–H groups in total. The van der Waals surface area contributed by atoms with Crippen LogP contribution in [-0.2, 0) is 22.4 Å². The number of ketones is 1. The normalized spacial score (nSPS) is 12.8. The predicted octanol–water partition coefficient (Wildman–Crippen LogP) is 3.76. The van der Waals surface area contributed by atoms with E-state index in [1.165, 1.54) is 47.7 Å². The van der Waals surface area contributed by atoms with Gasteiger partial charge >= 0.3 is 0 Å². The van der Waals surface area contributed by atoms with Gasteiger partial charge in [-0.3, -0.25) is 14.4 Å². The fraction of sp³-hybridized carbons (Fsp3) is 0.348. The summed E-state index contributed by atoms with van der Waals surface area (Å²) in [5.74, 6) is -1.23. The Morgan fingerprint density at radius 2 is 1.76 bits per heavy atom. The second-order valence-corrected chi connectivity index (χ2v) is 7.42. The van der Waals surface area contributed by atoms with Gasteiger partial charge in [-0.25, -0.2) is 4.39 Å². The molecule has 1 aliphatic rings. The van der Waals surface area contributed by atoms with E-state index in [-0.39, 0.29) is 31.1 Å². The number of fused-ring (bicyclic) bond motifs is 1. The molecule has 1 aliphatic carbocycles. The minimum Gasteiger partial charge on any atom is -0.336 e. The number of benzene rings is 2. The molecule has 3 rings (SSSR count). The van der Waals surface area contributed by atoms with Crippen molar-refractivity contribution in [2.75, 3.05) is 18.9 Å². The fourth-order valence-electron chi connectivity index (χ4n) is 3.53. The Hall–Kier alpha value is -3.02. The molecule has 0 heterocycles. The number of carbonyl (C=O) groups excluding carboxylic acids is 3. The molecule has 5 nitrogen and oxygen atoms in total. The zero-order chi connectivity index (χ0) is 20.8.